The molecule has 13 heavy (non-hydrogen) atoms. The molecule has 2 fully saturated rings. The first-order valence-electron chi connectivity index (χ1n) is 5.12. The van der Waals surface area contributed by atoms with Gasteiger partial charge in [-0.3, -0.25) is 0 Å². The van der Waals surface area contributed by atoms with E-state index >= 15 is 0 Å². The van der Waals surface area contributed by atoms with Crippen molar-refractivity contribution < 1.29 is 4.74 Å². The number of nitrogens with one attached hydrogen (secondary N) is 1. The van der Waals surface area contributed by atoms with Crippen LogP contribution in [0.3, 0.4) is 0 Å². The quantitative estimate of drug-likeness (QED) is 0.671. The lowest BCUT2D eigenvalue weighted by Gasteiger charge is -2.22. The van der Waals surface area contributed by atoms with E-state index in [1.54, 1.807) is 0 Å². The van der Waals surface area contributed by atoms with Gasteiger partial charge < -0.3 is 15.8 Å². The predicted octanol–water partition coefficient (Wildman–Crippen LogP) is 0.492. The predicted molar refractivity (Wildman–Crippen MR) is 52.5 cm³/mol. The van der Waals surface area contributed by atoms with Crippen molar-refractivity contribution in [3.8, 4) is 0 Å². The molecular weight excluding hydrogens is 164 g/mol. The summed E-state index contributed by atoms with van der Waals surface area (Å²) in [7, 11) is 0. The summed E-state index contributed by atoms with van der Waals surface area (Å²) in [6, 6.07) is 0.675. The van der Waals surface area contributed by atoms with Crippen LogP contribution >= 0.6 is 0 Å². The van der Waals surface area contributed by atoms with Gasteiger partial charge in [0.05, 0.1) is 12.1 Å². The first kappa shape index (κ1) is 9.44. The van der Waals surface area contributed by atoms with E-state index < -0.39 is 0 Å². The van der Waals surface area contributed by atoms with Gasteiger partial charge in [-0.1, -0.05) is 13.8 Å². The lowest BCUT2D eigenvalue weighted by Crippen LogP contribution is -2.50. The summed E-state index contributed by atoms with van der Waals surface area (Å²) in [5.74, 6) is 0. The maximum absolute atomic E-state index is 6.14. The van der Waals surface area contributed by atoms with Crippen molar-refractivity contribution in [3.05, 3.63) is 0 Å². The Labute approximate surface area is 80.0 Å². The molecule has 0 spiro atoms. The molecule has 1 aliphatic heterocycles. The van der Waals surface area contributed by atoms with Crippen LogP contribution in [0.25, 0.3) is 0 Å². The molecule has 0 aromatic carbocycles. The molecule has 1 heterocycles. The molecule has 2 aliphatic rings. The lowest BCUT2D eigenvalue weighted by molar-refractivity contribution is 0.177. The third kappa shape index (κ3) is 2.03. The summed E-state index contributed by atoms with van der Waals surface area (Å²) < 4.78 is 5.30. The van der Waals surface area contributed by atoms with E-state index in [9.17, 15) is 0 Å². The first-order valence-corrected chi connectivity index (χ1v) is 5.12. The summed E-state index contributed by atoms with van der Waals surface area (Å²) in [6.07, 6.45) is 2.27. The van der Waals surface area contributed by atoms with Crippen LogP contribution in [0.1, 0.15) is 26.7 Å². The Balaban J connectivity index is 1.74. The van der Waals surface area contributed by atoms with E-state index in [1.807, 2.05) is 0 Å². The number of hydrogen-bond donors (Lipinski definition) is 2. The number of nitrogens with two attached hydrogens (primary N) is 1. The van der Waals surface area contributed by atoms with Crippen LogP contribution in [-0.4, -0.2) is 31.3 Å². The number of hydrogen-bond acceptors (Lipinski definition) is 3. The van der Waals surface area contributed by atoms with Crippen molar-refractivity contribution in [2.45, 2.75) is 38.3 Å². The maximum Gasteiger partial charge on any atom is 0.0659 e. The van der Waals surface area contributed by atoms with Crippen LogP contribution in [0.15, 0.2) is 0 Å². The SMILES string of the molecule is CC1(C)CC1NCC1(N)CCOC1. The largest absolute Gasteiger partial charge is 0.379 e. The fraction of sp³-hybridized carbons (Fsp3) is 1.00. The maximum atomic E-state index is 6.14. The van der Waals surface area contributed by atoms with Crippen molar-refractivity contribution in [1.29, 1.82) is 0 Å². The Morgan fingerprint density at radius 1 is 1.54 bits per heavy atom. The van der Waals surface area contributed by atoms with E-state index in [2.05, 4.69) is 19.2 Å². The Morgan fingerprint density at radius 3 is 2.69 bits per heavy atom. The zero-order valence-electron chi connectivity index (χ0n) is 8.60. The minimum Gasteiger partial charge on any atom is -0.379 e. The molecule has 0 aromatic rings. The Kier molecular flexibility index (Phi) is 2.13. The van der Waals surface area contributed by atoms with Crippen molar-refractivity contribution in [2.75, 3.05) is 19.8 Å². The molecule has 0 bridgehead atoms. The molecule has 3 nitrogen and oxygen atoms in total. The second-order valence-corrected chi connectivity index (χ2v) is 5.29. The minimum absolute atomic E-state index is 0.0985. The third-order valence-electron chi connectivity index (χ3n) is 3.35. The summed E-state index contributed by atoms with van der Waals surface area (Å²) in [4.78, 5) is 0. The van der Waals surface area contributed by atoms with E-state index in [0.717, 1.165) is 19.6 Å². The summed E-state index contributed by atoms with van der Waals surface area (Å²) in [5, 5.41) is 3.52. The van der Waals surface area contributed by atoms with Crippen LogP contribution < -0.4 is 11.1 Å². The topological polar surface area (TPSA) is 47.3 Å². The molecule has 0 aromatic heterocycles. The van der Waals surface area contributed by atoms with Gasteiger partial charge in [0.25, 0.3) is 0 Å². The van der Waals surface area contributed by atoms with Crippen molar-refractivity contribution in [3.63, 3.8) is 0 Å². The fourth-order valence-electron chi connectivity index (χ4n) is 1.90. The van der Waals surface area contributed by atoms with Gasteiger partial charge in [0.15, 0.2) is 0 Å². The minimum atomic E-state index is -0.0985. The molecule has 1 saturated carbocycles. The molecule has 0 amide bonds. The van der Waals surface area contributed by atoms with Gasteiger partial charge in [-0.25, -0.2) is 0 Å². The van der Waals surface area contributed by atoms with Gasteiger partial charge in [-0.05, 0) is 18.3 Å². The van der Waals surface area contributed by atoms with Crippen LogP contribution in [0, 0.1) is 5.41 Å². The highest BCUT2D eigenvalue weighted by Gasteiger charge is 2.46. The number of rotatable bonds is 3. The highest BCUT2D eigenvalue weighted by Crippen LogP contribution is 2.44. The molecule has 3 heteroatoms. The average molecular weight is 184 g/mol. The monoisotopic (exact) mass is 184 g/mol. The summed E-state index contributed by atoms with van der Waals surface area (Å²) in [6.45, 7) is 7.03. The molecule has 2 unspecified atom stereocenters. The smallest absolute Gasteiger partial charge is 0.0659 e. The van der Waals surface area contributed by atoms with Crippen LogP contribution in [0.5, 0.6) is 0 Å². The van der Waals surface area contributed by atoms with E-state index in [4.69, 9.17) is 10.5 Å². The van der Waals surface area contributed by atoms with Crippen molar-refractivity contribution in [2.24, 2.45) is 11.1 Å². The summed E-state index contributed by atoms with van der Waals surface area (Å²) >= 11 is 0. The molecular formula is C10H20N2O. The zero-order chi connectivity index (χ0) is 9.53. The van der Waals surface area contributed by atoms with Crippen LogP contribution in [-0.2, 0) is 4.74 Å². The first-order chi connectivity index (χ1) is 6.02. The van der Waals surface area contributed by atoms with Gasteiger partial charge >= 0.3 is 0 Å². The fourth-order valence-corrected chi connectivity index (χ4v) is 1.90. The van der Waals surface area contributed by atoms with Crippen molar-refractivity contribution >= 4 is 0 Å². The molecule has 76 valence electrons. The highest BCUT2D eigenvalue weighted by atomic mass is 16.5. The van der Waals surface area contributed by atoms with Gasteiger partial charge in [0.1, 0.15) is 0 Å². The standard InChI is InChI=1S/C10H20N2O/c1-9(2)5-8(9)12-6-10(11)3-4-13-7-10/h8,12H,3-7,11H2,1-2H3. The molecule has 0 radical (unpaired) electrons. The van der Waals surface area contributed by atoms with Crippen molar-refractivity contribution in [1.82, 2.24) is 5.32 Å². The van der Waals surface area contributed by atoms with E-state index in [1.165, 1.54) is 6.42 Å². The van der Waals surface area contributed by atoms with E-state index in [-0.39, 0.29) is 5.54 Å². The normalized spacial score (nSPS) is 42.2. The Hall–Kier alpha value is -0.120. The van der Waals surface area contributed by atoms with Gasteiger partial charge in [-0.15, -0.1) is 0 Å². The molecule has 3 N–H and O–H groups in total. The Morgan fingerprint density at radius 2 is 2.23 bits per heavy atom. The second-order valence-electron chi connectivity index (χ2n) is 5.29. The van der Waals surface area contributed by atoms with Crippen LogP contribution in [0.4, 0.5) is 0 Å². The van der Waals surface area contributed by atoms with Gasteiger partial charge in [0.2, 0.25) is 0 Å². The molecule has 2 rings (SSSR count). The third-order valence-corrected chi connectivity index (χ3v) is 3.35. The molecule has 1 saturated heterocycles. The summed E-state index contributed by atoms with van der Waals surface area (Å²) in [5.41, 5.74) is 6.53. The van der Waals surface area contributed by atoms with E-state index in [0.29, 0.717) is 18.1 Å². The second kappa shape index (κ2) is 2.94. The zero-order valence-corrected chi connectivity index (χ0v) is 8.60. The van der Waals surface area contributed by atoms with Crippen LogP contribution in [0.2, 0.25) is 0 Å². The van der Waals surface area contributed by atoms with Gasteiger partial charge in [-0.2, -0.15) is 0 Å². The highest BCUT2D eigenvalue weighted by molar-refractivity contribution is 5.03. The molecule has 2 atom stereocenters. The molecule has 1 aliphatic carbocycles. The van der Waals surface area contributed by atoms with Gasteiger partial charge in [0, 0.05) is 19.2 Å². The average Bonchev–Trinajstić information content (AvgIpc) is 2.43. The lowest BCUT2D eigenvalue weighted by atomic mass is 10.0. The number of ether oxygens (including phenoxy) is 1. The Bertz CT molecular complexity index is 197.